The molecule has 0 aliphatic carbocycles. The quantitative estimate of drug-likeness (QED) is 0.343. The molecule has 0 aromatic heterocycles. The first-order valence-corrected chi connectivity index (χ1v) is 1.26. The van der Waals surface area contributed by atoms with E-state index in [1.54, 1.807) is 0 Å². The van der Waals surface area contributed by atoms with Crippen LogP contribution in [-0.4, -0.2) is 10.3 Å². The summed E-state index contributed by atoms with van der Waals surface area (Å²) in [5, 5.41) is 28.2. The van der Waals surface area contributed by atoms with Crippen LogP contribution in [0.4, 0.5) is 0 Å². The van der Waals surface area contributed by atoms with Gasteiger partial charge in [0.1, 0.15) is 0 Å². The summed E-state index contributed by atoms with van der Waals surface area (Å²) in [6, 6.07) is 2.47. The average molecular weight is 115 g/mol. The van der Waals surface area contributed by atoms with Crippen molar-refractivity contribution in [2.75, 3.05) is 0 Å². The lowest BCUT2D eigenvalue weighted by molar-refractivity contribution is -0.742. The number of rotatable bonds is 0. The van der Waals surface area contributed by atoms with Gasteiger partial charge in [-0.1, -0.05) is 0 Å². The van der Waals surface area contributed by atoms with Crippen molar-refractivity contribution in [3.05, 3.63) is 10.1 Å². The zero-order valence-corrected chi connectivity index (χ0v) is 3.61. The van der Waals surface area contributed by atoms with Gasteiger partial charge in [-0.3, -0.25) is 0 Å². The second-order valence-corrected chi connectivity index (χ2v) is 0.461. The molecule has 6 nitrogen and oxygen atoms in total. The van der Waals surface area contributed by atoms with Gasteiger partial charge >= 0.3 is 0 Å². The SMILES string of the molecule is N#CC#N.O=[N+]([O-])O. The van der Waals surface area contributed by atoms with Gasteiger partial charge in [-0.2, -0.15) is 10.5 Å². The Kier molecular flexibility index (Phi) is 10.6. The summed E-state index contributed by atoms with van der Waals surface area (Å²) in [6.45, 7) is 0. The van der Waals surface area contributed by atoms with Crippen LogP contribution in [0.5, 0.6) is 0 Å². The highest BCUT2D eigenvalue weighted by molar-refractivity contribution is 4.99. The molecule has 0 aromatic carbocycles. The van der Waals surface area contributed by atoms with E-state index in [0.717, 1.165) is 0 Å². The summed E-state index contributed by atoms with van der Waals surface area (Å²) < 4.78 is 0. The molecule has 0 amide bonds. The number of nitrogens with zero attached hydrogens (tertiary/aromatic N) is 3. The Morgan fingerprint density at radius 1 is 1.50 bits per heavy atom. The van der Waals surface area contributed by atoms with Crippen molar-refractivity contribution < 1.29 is 10.3 Å². The summed E-state index contributed by atoms with van der Waals surface area (Å²) in [7, 11) is 0. The third-order valence-corrected chi connectivity index (χ3v) is 0.0500. The standard InChI is InChI=1S/C2N2.HNO3/c3-1-2-4;2-1(3)4/h;(H,2,3,4). The predicted octanol–water partition coefficient (Wildman–Crippen LogP) is -0.314. The molecular weight excluding hydrogens is 114 g/mol. The fourth-order valence-corrected chi connectivity index (χ4v) is 0. The molecule has 0 saturated carbocycles. The van der Waals surface area contributed by atoms with E-state index in [9.17, 15) is 0 Å². The van der Waals surface area contributed by atoms with E-state index in [1.807, 2.05) is 0 Å². The fourth-order valence-electron chi connectivity index (χ4n) is 0. The highest BCUT2D eigenvalue weighted by atomic mass is 16.9. The van der Waals surface area contributed by atoms with E-state index in [0.29, 0.717) is 0 Å². The van der Waals surface area contributed by atoms with Crippen LogP contribution in [-0.2, 0) is 0 Å². The van der Waals surface area contributed by atoms with Gasteiger partial charge in [-0.15, -0.1) is 10.1 Å². The Balaban J connectivity index is 0. The zero-order chi connectivity index (χ0) is 6.99. The fraction of sp³-hybridized carbons (Fsp3) is 0. The summed E-state index contributed by atoms with van der Waals surface area (Å²) in [5.74, 6) is 0. The minimum Gasteiger partial charge on any atom is -0.328 e. The smallest absolute Gasteiger partial charge is 0.291 e. The molecule has 8 heavy (non-hydrogen) atoms. The lowest BCUT2D eigenvalue weighted by Crippen LogP contribution is -1.81. The first kappa shape index (κ1) is 9.49. The van der Waals surface area contributed by atoms with Gasteiger partial charge in [0.2, 0.25) is 0 Å². The van der Waals surface area contributed by atoms with Crippen LogP contribution in [0, 0.1) is 32.8 Å². The van der Waals surface area contributed by atoms with E-state index in [4.69, 9.17) is 25.8 Å². The Bertz CT molecular complexity index is 124. The van der Waals surface area contributed by atoms with E-state index >= 15 is 0 Å². The monoisotopic (exact) mass is 115 g/mol. The highest BCUT2D eigenvalue weighted by Crippen LogP contribution is 1.38. The molecule has 0 saturated heterocycles. The number of nitriles is 2. The third kappa shape index (κ3) is 62.9. The highest BCUT2D eigenvalue weighted by Gasteiger charge is 1.65. The summed E-state index contributed by atoms with van der Waals surface area (Å²) in [5.41, 5.74) is 0. The average Bonchev–Trinajstić information content (AvgIpc) is 1.65. The number of hydrogen-bond donors (Lipinski definition) is 1. The molecule has 0 fully saturated rings. The minimum absolute atomic E-state index is 1.24. The molecule has 0 heterocycles. The largest absolute Gasteiger partial charge is 0.328 e. The summed E-state index contributed by atoms with van der Waals surface area (Å²) in [4.78, 5) is 8.36. The van der Waals surface area contributed by atoms with E-state index in [1.165, 1.54) is 12.1 Å². The molecule has 0 rings (SSSR count). The number of hydrogen-bond acceptors (Lipinski definition) is 4. The predicted molar refractivity (Wildman–Crippen MR) is 20.0 cm³/mol. The van der Waals surface area contributed by atoms with Crippen LogP contribution in [0.2, 0.25) is 0 Å². The Labute approximate surface area is 44.3 Å². The topological polar surface area (TPSA) is 111 Å². The molecular formula is C2HN3O3. The summed E-state index contributed by atoms with van der Waals surface area (Å²) in [6.07, 6.45) is 0. The van der Waals surface area contributed by atoms with Gasteiger partial charge in [0, 0.05) is 0 Å². The van der Waals surface area contributed by atoms with Crippen LogP contribution in [0.1, 0.15) is 0 Å². The van der Waals surface area contributed by atoms with Crippen molar-refractivity contribution >= 4 is 0 Å². The first-order valence-electron chi connectivity index (χ1n) is 1.26. The third-order valence-electron chi connectivity index (χ3n) is 0.0500. The van der Waals surface area contributed by atoms with Crippen molar-refractivity contribution in [1.82, 2.24) is 0 Å². The van der Waals surface area contributed by atoms with Crippen molar-refractivity contribution in [3.63, 3.8) is 0 Å². The van der Waals surface area contributed by atoms with E-state index in [2.05, 4.69) is 0 Å². The van der Waals surface area contributed by atoms with Crippen molar-refractivity contribution in [1.29, 1.82) is 10.5 Å². The Morgan fingerprint density at radius 2 is 1.62 bits per heavy atom. The molecule has 0 aliphatic rings. The second kappa shape index (κ2) is 8.95. The molecule has 6 heteroatoms. The maximum atomic E-state index is 8.36. The molecule has 0 radical (unpaired) electrons. The van der Waals surface area contributed by atoms with Crippen molar-refractivity contribution in [2.24, 2.45) is 0 Å². The van der Waals surface area contributed by atoms with Gasteiger partial charge in [0.15, 0.2) is 12.1 Å². The maximum Gasteiger partial charge on any atom is 0.291 e. The van der Waals surface area contributed by atoms with Crippen LogP contribution >= 0.6 is 0 Å². The van der Waals surface area contributed by atoms with Crippen LogP contribution in [0.25, 0.3) is 0 Å². The van der Waals surface area contributed by atoms with Gasteiger partial charge in [-0.05, 0) is 0 Å². The van der Waals surface area contributed by atoms with Gasteiger partial charge in [-0.25, -0.2) is 0 Å². The van der Waals surface area contributed by atoms with Crippen molar-refractivity contribution in [2.45, 2.75) is 0 Å². The van der Waals surface area contributed by atoms with Crippen molar-refractivity contribution in [3.8, 4) is 12.1 Å². The zero-order valence-electron chi connectivity index (χ0n) is 3.61. The van der Waals surface area contributed by atoms with Gasteiger partial charge < -0.3 is 5.21 Å². The second-order valence-electron chi connectivity index (χ2n) is 0.461. The van der Waals surface area contributed by atoms with Crippen LogP contribution < -0.4 is 0 Å². The molecule has 0 atom stereocenters. The lowest BCUT2D eigenvalue weighted by Gasteiger charge is -1.56. The Morgan fingerprint density at radius 3 is 1.62 bits per heavy atom. The molecule has 0 bridgehead atoms. The van der Waals surface area contributed by atoms with E-state index < -0.39 is 5.09 Å². The molecule has 0 unspecified atom stereocenters. The van der Waals surface area contributed by atoms with E-state index in [-0.39, 0.29) is 0 Å². The molecule has 0 aromatic rings. The molecule has 42 valence electrons. The summed E-state index contributed by atoms with van der Waals surface area (Å²) >= 11 is 0. The maximum absolute atomic E-state index is 8.36. The minimum atomic E-state index is -1.50. The van der Waals surface area contributed by atoms with Gasteiger partial charge in [0.25, 0.3) is 5.09 Å². The molecule has 0 spiro atoms. The molecule has 0 aliphatic heterocycles. The first-order chi connectivity index (χ1) is 3.65. The Hall–Kier alpha value is -1.82. The molecule has 1 N–H and O–H groups in total. The van der Waals surface area contributed by atoms with Crippen LogP contribution in [0.3, 0.4) is 0 Å². The normalized spacial score (nSPS) is 4.25. The van der Waals surface area contributed by atoms with Gasteiger partial charge in [0.05, 0.1) is 0 Å². The lowest BCUT2D eigenvalue weighted by atomic mass is 10.9. The van der Waals surface area contributed by atoms with Crippen LogP contribution in [0.15, 0.2) is 0 Å².